The van der Waals surface area contributed by atoms with Crippen LogP contribution < -0.4 is 10.5 Å². The molecular formula is C29H34N6O. The van der Waals surface area contributed by atoms with Crippen LogP contribution in [0.25, 0.3) is 16.7 Å². The van der Waals surface area contributed by atoms with E-state index in [-0.39, 0.29) is 0 Å². The van der Waals surface area contributed by atoms with Gasteiger partial charge in [-0.15, -0.1) is 0 Å². The van der Waals surface area contributed by atoms with Crippen molar-refractivity contribution >= 4 is 16.9 Å². The standard InChI is InChI=1S/C29H34N6O/c1-33-15-17-34(18-16-33)22-9-7-21(8-10-22)26-19-35(28-27(26)31-20-32-29(28)30)23-11-13-25(14-12-23)36-24-5-3-2-4-6-24/h2-6,11-14,19-22H,7-10,15-18H2,1H3,(H2,30,31,32)/t21-,22+. The number of piperazine rings is 1. The maximum atomic E-state index is 6.39. The molecule has 6 rings (SSSR count). The lowest BCUT2D eigenvalue weighted by Crippen LogP contribution is -2.49. The molecule has 0 amide bonds. The van der Waals surface area contributed by atoms with Gasteiger partial charge in [-0.2, -0.15) is 0 Å². The van der Waals surface area contributed by atoms with Crippen LogP contribution in [0.4, 0.5) is 5.82 Å². The van der Waals surface area contributed by atoms with Gasteiger partial charge >= 0.3 is 0 Å². The van der Waals surface area contributed by atoms with E-state index in [1.807, 2.05) is 42.5 Å². The molecule has 0 atom stereocenters. The molecule has 36 heavy (non-hydrogen) atoms. The van der Waals surface area contributed by atoms with Gasteiger partial charge < -0.3 is 19.9 Å². The normalized spacial score (nSPS) is 21.6. The third kappa shape index (κ3) is 4.56. The van der Waals surface area contributed by atoms with Gasteiger partial charge in [0.1, 0.15) is 23.3 Å². The van der Waals surface area contributed by atoms with Crippen LogP contribution in [0.2, 0.25) is 0 Å². The molecule has 7 nitrogen and oxygen atoms in total. The fourth-order valence-electron chi connectivity index (χ4n) is 5.85. The maximum Gasteiger partial charge on any atom is 0.151 e. The smallest absolute Gasteiger partial charge is 0.151 e. The molecular weight excluding hydrogens is 448 g/mol. The van der Waals surface area contributed by atoms with Crippen molar-refractivity contribution in [3.05, 3.63) is 72.7 Å². The number of nitrogens with two attached hydrogens (primary N) is 1. The van der Waals surface area contributed by atoms with E-state index in [9.17, 15) is 0 Å². The number of hydrogen-bond donors (Lipinski definition) is 1. The van der Waals surface area contributed by atoms with E-state index < -0.39 is 0 Å². The average Bonchev–Trinajstić information content (AvgIpc) is 3.31. The van der Waals surface area contributed by atoms with Crippen LogP contribution in [0.3, 0.4) is 0 Å². The zero-order valence-corrected chi connectivity index (χ0v) is 20.9. The summed E-state index contributed by atoms with van der Waals surface area (Å²) in [5.74, 6) is 2.63. The highest BCUT2D eigenvalue weighted by atomic mass is 16.5. The number of ether oxygens (including phenoxy) is 1. The van der Waals surface area contributed by atoms with Crippen molar-refractivity contribution in [2.45, 2.75) is 37.6 Å². The second-order valence-electron chi connectivity index (χ2n) is 10.2. The predicted molar refractivity (Wildman–Crippen MR) is 144 cm³/mol. The van der Waals surface area contributed by atoms with Crippen LogP contribution in [0.5, 0.6) is 11.5 Å². The van der Waals surface area contributed by atoms with Gasteiger partial charge in [-0.1, -0.05) is 18.2 Å². The Morgan fingerprint density at radius 2 is 1.53 bits per heavy atom. The van der Waals surface area contributed by atoms with Gasteiger partial charge in [0.25, 0.3) is 0 Å². The molecule has 2 N–H and O–H groups in total. The van der Waals surface area contributed by atoms with Crippen molar-refractivity contribution in [2.75, 3.05) is 39.0 Å². The zero-order chi connectivity index (χ0) is 24.5. The molecule has 4 aromatic rings. The SMILES string of the molecule is CN1CCN([C@H]2CC[C@@H](c3cn(-c4ccc(Oc5ccccc5)cc4)c4c(N)ncnc43)CC2)CC1. The van der Waals surface area contributed by atoms with Gasteiger partial charge in [0.15, 0.2) is 5.82 Å². The average molecular weight is 483 g/mol. The second-order valence-corrected chi connectivity index (χ2v) is 10.2. The largest absolute Gasteiger partial charge is 0.457 e. The van der Waals surface area contributed by atoms with Crippen LogP contribution in [0, 0.1) is 0 Å². The predicted octanol–water partition coefficient (Wildman–Crippen LogP) is 5.07. The van der Waals surface area contributed by atoms with Gasteiger partial charge in [-0.05, 0) is 80.6 Å². The number of rotatable bonds is 5. The minimum atomic E-state index is 0.493. The van der Waals surface area contributed by atoms with Crippen molar-refractivity contribution < 1.29 is 4.74 Å². The molecule has 1 saturated heterocycles. The Kier molecular flexibility index (Phi) is 6.34. The topological polar surface area (TPSA) is 72.4 Å². The fraction of sp³-hybridized carbons (Fsp3) is 0.379. The van der Waals surface area contributed by atoms with Crippen molar-refractivity contribution in [1.29, 1.82) is 0 Å². The van der Waals surface area contributed by atoms with Crippen LogP contribution in [-0.2, 0) is 0 Å². The molecule has 0 spiro atoms. The molecule has 2 aliphatic rings. The van der Waals surface area contributed by atoms with Gasteiger partial charge in [-0.3, -0.25) is 4.90 Å². The number of hydrogen-bond acceptors (Lipinski definition) is 6. The molecule has 186 valence electrons. The Balaban J connectivity index is 1.24. The summed E-state index contributed by atoms with van der Waals surface area (Å²) in [6.07, 6.45) is 8.69. The number of anilines is 1. The summed E-state index contributed by atoms with van der Waals surface area (Å²) in [7, 11) is 2.22. The fourth-order valence-corrected chi connectivity index (χ4v) is 5.85. The molecule has 7 heteroatoms. The van der Waals surface area contributed by atoms with Crippen LogP contribution >= 0.6 is 0 Å². The Bertz CT molecular complexity index is 1300. The number of likely N-dealkylation sites (N-methyl/N-ethyl adjacent to an activating group) is 1. The maximum absolute atomic E-state index is 6.39. The highest BCUT2D eigenvalue weighted by Gasteiger charge is 2.30. The lowest BCUT2D eigenvalue weighted by Gasteiger charge is -2.41. The monoisotopic (exact) mass is 482 g/mol. The summed E-state index contributed by atoms with van der Waals surface area (Å²) in [6.45, 7) is 4.75. The Labute approximate surface area is 212 Å². The van der Waals surface area contributed by atoms with Gasteiger partial charge in [-0.25, -0.2) is 9.97 Å². The number of nitrogens with zero attached hydrogens (tertiary/aromatic N) is 5. The highest BCUT2D eigenvalue weighted by Crippen LogP contribution is 2.40. The molecule has 1 aliphatic heterocycles. The third-order valence-corrected chi connectivity index (χ3v) is 7.92. The van der Waals surface area contributed by atoms with E-state index in [4.69, 9.17) is 15.5 Å². The van der Waals surface area contributed by atoms with Crippen LogP contribution in [-0.4, -0.2) is 63.6 Å². The van der Waals surface area contributed by atoms with Crippen LogP contribution in [0.1, 0.15) is 37.2 Å². The zero-order valence-electron chi connectivity index (χ0n) is 20.9. The van der Waals surface area contributed by atoms with Crippen molar-refractivity contribution in [1.82, 2.24) is 24.3 Å². The van der Waals surface area contributed by atoms with Crippen molar-refractivity contribution in [3.8, 4) is 17.2 Å². The van der Waals surface area contributed by atoms with Gasteiger partial charge in [0.2, 0.25) is 0 Å². The summed E-state index contributed by atoms with van der Waals surface area (Å²) < 4.78 is 8.13. The molecule has 1 saturated carbocycles. The first-order valence-electron chi connectivity index (χ1n) is 13.0. The molecule has 2 aromatic heterocycles. The number of fused-ring (bicyclic) bond motifs is 1. The molecule has 0 radical (unpaired) electrons. The molecule has 2 fully saturated rings. The molecule has 0 unspecified atom stereocenters. The number of para-hydroxylation sites is 1. The lowest BCUT2D eigenvalue weighted by atomic mass is 9.81. The highest BCUT2D eigenvalue weighted by molar-refractivity contribution is 5.90. The van der Waals surface area contributed by atoms with Crippen molar-refractivity contribution in [2.24, 2.45) is 0 Å². The Hall–Kier alpha value is -3.42. The second kappa shape index (κ2) is 9.91. The first-order chi connectivity index (χ1) is 17.7. The summed E-state index contributed by atoms with van der Waals surface area (Å²) in [5, 5.41) is 0. The van der Waals surface area contributed by atoms with Crippen LogP contribution in [0.15, 0.2) is 67.1 Å². The van der Waals surface area contributed by atoms with E-state index in [1.54, 1.807) is 6.33 Å². The van der Waals surface area contributed by atoms with Gasteiger partial charge in [0, 0.05) is 44.1 Å². The Morgan fingerprint density at radius 3 is 2.25 bits per heavy atom. The van der Waals surface area contributed by atoms with E-state index in [2.05, 4.69) is 44.7 Å². The Morgan fingerprint density at radius 1 is 0.833 bits per heavy atom. The molecule has 1 aliphatic carbocycles. The van der Waals surface area contributed by atoms with E-state index >= 15 is 0 Å². The van der Waals surface area contributed by atoms with Crippen molar-refractivity contribution in [3.63, 3.8) is 0 Å². The molecule has 2 aromatic carbocycles. The summed E-state index contributed by atoms with van der Waals surface area (Å²) >= 11 is 0. The first kappa shape index (κ1) is 23.0. The third-order valence-electron chi connectivity index (χ3n) is 7.92. The quantitative estimate of drug-likeness (QED) is 0.428. The van der Waals surface area contributed by atoms with E-state index in [0.29, 0.717) is 17.8 Å². The summed E-state index contributed by atoms with van der Waals surface area (Å²) in [6, 6.07) is 18.7. The molecule has 0 bridgehead atoms. The summed E-state index contributed by atoms with van der Waals surface area (Å²) in [5.41, 5.74) is 10.6. The minimum Gasteiger partial charge on any atom is -0.457 e. The molecule has 3 heterocycles. The summed E-state index contributed by atoms with van der Waals surface area (Å²) in [4.78, 5) is 14.2. The number of nitrogen functional groups attached to an aromatic ring is 1. The number of aromatic nitrogens is 3. The minimum absolute atomic E-state index is 0.493. The lowest BCUT2D eigenvalue weighted by molar-refractivity contribution is 0.0879. The van der Waals surface area contributed by atoms with E-state index in [0.717, 1.165) is 28.2 Å². The van der Waals surface area contributed by atoms with E-state index in [1.165, 1.54) is 57.4 Å². The van der Waals surface area contributed by atoms with Gasteiger partial charge in [0.05, 0.1) is 5.52 Å². The first-order valence-corrected chi connectivity index (χ1v) is 13.0. The number of benzene rings is 2.